The molecule has 2 aliphatic carbocycles. The molecule has 0 radical (unpaired) electrons. The number of hydrogen-bond acceptors (Lipinski definition) is 4. The number of aryl methyl sites for hydroxylation is 2. The standard InChI is InChI=1S/C32H31BO2S2/c1-22-13-17-26(18-14-22)36-28-11-7-5-9-24-21-25-10-6-8-12-29(37-27-19-15-23(2)16-20-27)31(25)32(30(24)28)33(34-3)35-4/h5-8,11-21H,9-10H2,1-4H3. The highest BCUT2D eigenvalue weighted by atomic mass is 32.2. The van der Waals surface area contributed by atoms with Crippen LogP contribution in [0, 0.1) is 13.8 Å². The van der Waals surface area contributed by atoms with Crippen molar-refractivity contribution in [2.45, 2.75) is 36.5 Å². The molecular weight excluding hydrogens is 491 g/mol. The van der Waals surface area contributed by atoms with Crippen molar-refractivity contribution in [1.82, 2.24) is 0 Å². The van der Waals surface area contributed by atoms with Gasteiger partial charge in [-0.25, -0.2) is 0 Å². The first-order valence-electron chi connectivity index (χ1n) is 12.5. The molecule has 0 unspecified atom stereocenters. The zero-order chi connectivity index (χ0) is 25.8. The van der Waals surface area contributed by atoms with E-state index < -0.39 is 7.12 Å². The second kappa shape index (κ2) is 11.8. The summed E-state index contributed by atoms with van der Waals surface area (Å²) in [6.07, 6.45) is 15.1. The van der Waals surface area contributed by atoms with E-state index in [1.54, 1.807) is 37.7 Å². The molecule has 0 aromatic heterocycles. The van der Waals surface area contributed by atoms with E-state index in [0.717, 1.165) is 18.3 Å². The van der Waals surface area contributed by atoms with Gasteiger partial charge in [-0.2, -0.15) is 0 Å². The third-order valence-electron chi connectivity index (χ3n) is 6.63. The van der Waals surface area contributed by atoms with Crippen molar-refractivity contribution in [3.05, 3.63) is 124 Å². The fourth-order valence-corrected chi connectivity index (χ4v) is 6.83. The first kappa shape index (κ1) is 25.9. The number of benzene rings is 3. The Bertz CT molecular complexity index is 1300. The summed E-state index contributed by atoms with van der Waals surface area (Å²) in [5.41, 5.74) is 8.70. The maximum Gasteiger partial charge on any atom is 0.494 e. The van der Waals surface area contributed by atoms with E-state index in [0.29, 0.717) is 0 Å². The molecule has 0 saturated heterocycles. The molecule has 3 aromatic rings. The number of fused-ring (bicyclic) bond motifs is 2. The molecule has 5 heteroatoms. The molecule has 186 valence electrons. The molecule has 0 fully saturated rings. The van der Waals surface area contributed by atoms with Gasteiger partial charge in [0.1, 0.15) is 0 Å². The molecule has 0 spiro atoms. The molecule has 0 saturated carbocycles. The van der Waals surface area contributed by atoms with Gasteiger partial charge in [0, 0.05) is 33.8 Å². The third-order valence-corrected chi connectivity index (χ3v) is 8.76. The number of rotatable bonds is 7. The minimum absolute atomic E-state index is 0.482. The van der Waals surface area contributed by atoms with Crippen LogP contribution in [0.2, 0.25) is 0 Å². The van der Waals surface area contributed by atoms with Crippen molar-refractivity contribution in [1.29, 1.82) is 0 Å². The Balaban J connectivity index is 1.70. The Morgan fingerprint density at radius 2 is 1.08 bits per heavy atom. The lowest BCUT2D eigenvalue weighted by Crippen LogP contribution is -2.40. The van der Waals surface area contributed by atoms with E-state index in [4.69, 9.17) is 9.31 Å². The van der Waals surface area contributed by atoms with Crippen LogP contribution in [0.3, 0.4) is 0 Å². The summed E-state index contributed by atoms with van der Waals surface area (Å²) >= 11 is 3.60. The van der Waals surface area contributed by atoms with E-state index >= 15 is 0 Å². The number of thioether (sulfide) groups is 2. The van der Waals surface area contributed by atoms with Gasteiger partial charge in [-0.3, -0.25) is 0 Å². The highest BCUT2D eigenvalue weighted by Gasteiger charge is 2.33. The summed E-state index contributed by atoms with van der Waals surface area (Å²) in [4.78, 5) is 4.86. The molecule has 0 atom stereocenters. The van der Waals surface area contributed by atoms with Crippen molar-refractivity contribution >= 4 is 45.9 Å². The normalized spacial score (nSPS) is 14.3. The van der Waals surface area contributed by atoms with Crippen molar-refractivity contribution < 1.29 is 9.31 Å². The summed E-state index contributed by atoms with van der Waals surface area (Å²) < 4.78 is 12.0. The van der Waals surface area contributed by atoms with E-state index in [-0.39, 0.29) is 0 Å². The maximum atomic E-state index is 5.99. The molecule has 0 N–H and O–H groups in total. The zero-order valence-electron chi connectivity index (χ0n) is 21.8. The Morgan fingerprint density at radius 1 is 0.649 bits per heavy atom. The van der Waals surface area contributed by atoms with Gasteiger partial charge in [0.15, 0.2) is 0 Å². The predicted molar refractivity (Wildman–Crippen MR) is 162 cm³/mol. The fourth-order valence-electron chi connectivity index (χ4n) is 4.80. The Kier molecular flexibility index (Phi) is 8.26. The van der Waals surface area contributed by atoms with Gasteiger partial charge in [0.25, 0.3) is 0 Å². The van der Waals surface area contributed by atoms with Crippen LogP contribution in [0.15, 0.2) is 101 Å². The van der Waals surface area contributed by atoms with Gasteiger partial charge in [0.05, 0.1) is 0 Å². The molecular formula is C32H31BO2S2. The summed E-state index contributed by atoms with van der Waals surface area (Å²) in [5, 5.41) is 0. The first-order valence-corrected chi connectivity index (χ1v) is 14.2. The Morgan fingerprint density at radius 3 is 1.49 bits per heavy atom. The molecule has 2 nitrogen and oxygen atoms in total. The predicted octanol–water partition coefficient (Wildman–Crippen LogP) is 7.78. The second-order valence-electron chi connectivity index (χ2n) is 9.32. The van der Waals surface area contributed by atoms with Gasteiger partial charge in [-0.05, 0) is 90.8 Å². The molecule has 0 heterocycles. The van der Waals surface area contributed by atoms with Crippen LogP contribution in [0.5, 0.6) is 0 Å². The van der Waals surface area contributed by atoms with Crippen LogP contribution in [0.1, 0.15) is 33.4 Å². The largest absolute Gasteiger partial charge is 0.494 e. The lowest BCUT2D eigenvalue weighted by atomic mass is 9.69. The van der Waals surface area contributed by atoms with Crippen LogP contribution in [0.4, 0.5) is 0 Å². The molecule has 0 aliphatic heterocycles. The molecule has 0 bridgehead atoms. The first-order chi connectivity index (χ1) is 18.1. The van der Waals surface area contributed by atoms with Gasteiger partial charge in [-0.15, -0.1) is 0 Å². The smallest absolute Gasteiger partial charge is 0.410 e. The van der Waals surface area contributed by atoms with Gasteiger partial charge in [0.2, 0.25) is 0 Å². The maximum absolute atomic E-state index is 5.99. The SMILES string of the molecule is COB(OC)c1c2c(cc3c1C(Sc1ccc(C)cc1)=CC=CC3)CC=CC=C2Sc1ccc(C)cc1. The van der Waals surface area contributed by atoms with Gasteiger partial charge < -0.3 is 9.31 Å². The van der Waals surface area contributed by atoms with E-state index in [9.17, 15) is 0 Å². The van der Waals surface area contributed by atoms with E-state index in [1.165, 1.54) is 53.0 Å². The van der Waals surface area contributed by atoms with Crippen molar-refractivity contribution in [3.63, 3.8) is 0 Å². The number of allylic oxidation sites excluding steroid dienone is 6. The van der Waals surface area contributed by atoms with E-state index in [1.807, 2.05) is 0 Å². The zero-order valence-corrected chi connectivity index (χ0v) is 23.4. The average molecular weight is 523 g/mol. The minimum atomic E-state index is -0.482. The Hall–Kier alpha value is -2.70. The van der Waals surface area contributed by atoms with Crippen LogP contribution in [-0.4, -0.2) is 21.3 Å². The molecule has 0 amide bonds. The Labute approximate surface area is 229 Å². The van der Waals surface area contributed by atoms with Crippen LogP contribution >= 0.6 is 23.5 Å². The minimum Gasteiger partial charge on any atom is -0.410 e. The fraction of sp³-hybridized carbons (Fsp3) is 0.188. The monoisotopic (exact) mass is 522 g/mol. The third kappa shape index (κ3) is 5.76. The van der Waals surface area contributed by atoms with Crippen LogP contribution in [-0.2, 0) is 22.2 Å². The summed E-state index contributed by atoms with van der Waals surface area (Å²) in [6, 6.07) is 19.9. The molecule has 2 aliphatic rings. The van der Waals surface area contributed by atoms with Gasteiger partial charge in [-0.1, -0.05) is 89.3 Å². The lowest BCUT2D eigenvalue weighted by Gasteiger charge is -2.25. The quantitative estimate of drug-likeness (QED) is 0.295. The highest BCUT2D eigenvalue weighted by molar-refractivity contribution is 8.08. The highest BCUT2D eigenvalue weighted by Crippen LogP contribution is 2.42. The lowest BCUT2D eigenvalue weighted by molar-refractivity contribution is 0.292. The van der Waals surface area contributed by atoms with Crippen LogP contribution < -0.4 is 5.46 Å². The molecule has 5 rings (SSSR count). The van der Waals surface area contributed by atoms with E-state index in [2.05, 4.69) is 105 Å². The second-order valence-corrected chi connectivity index (χ2v) is 11.5. The molecule has 37 heavy (non-hydrogen) atoms. The van der Waals surface area contributed by atoms with Crippen molar-refractivity contribution in [3.8, 4) is 0 Å². The summed E-state index contributed by atoms with van der Waals surface area (Å²) in [7, 11) is 2.98. The average Bonchev–Trinajstić information content (AvgIpc) is 3.23. The molecule has 3 aromatic carbocycles. The topological polar surface area (TPSA) is 18.5 Å². The summed E-state index contributed by atoms with van der Waals surface area (Å²) in [6.45, 7) is 4.25. The van der Waals surface area contributed by atoms with Gasteiger partial charge >= 0.3 is 7.12 Å². The van der Waals surface area contributed by atoms with Crippen molar-refractivity contribution in [2.75, 3.05) is 14.2 Å². The van der Waals surface area contributed by atoms with Crippen molar-refractivity contribution in [2.24, 2.45) is 0 Å². The number of hydrogen-bond donors (Lipinski definition) is 0. The summed E-state index contributed by atoms with van der Waals surface area (Å²) in [5.74, 6) is 0. The van der Waals surface area contributed by atoms with Crippen LogP contribution in [0.25, 0.3) is 9.81 Å².